The number of ether oxygens (including phenoxy) is 1. The molecular weight excluding hydrogens is 570 g/mol. The fourth-order valence-corrected chi connectivity index (χ4v) is 5.43. The van der Waals surface area contributed by atoms with Crippen molar-refractivity contribution in [3.63, 3.8) is 0 Å². The molecule has 4 rings (SSSR count). The van der Waals surface area contributed by atoms with Crippen molar-refractivity contribution in [2.24, 2.45) is 5.92 Å². The largest absolute Gasteiger partial charge is 0.481 e. The molecule has 0 radical (unpaired) electrons. The third-order valence-corrected chi connectivity index (χ3v) is 7.55. The number of hydrogen-bond acceptors (Lipinski definition) is 6. The molecule has 0 saturated carbocycles. The van der Waals surface area contributed by atoms with Crippen molar-refractivity contribution >= 4 is 17.8 Å². The van der Waals surface area contributed by atoms with Crippen LogP contribution in [-0.4, -0.2) is 65.1 Å². The summed E-state index contributed by atoms with van der Waals surface area (Å²) in [7, 11) is 1.94. The van der Waals surface area contributed by atoms with E-state index in [1.165, 1.54) is 18.3 Å². The first-order valence-corrected chi connectivity index (χ1v) is 14.5. The Balaban J connectivity index is 1.62. The molecule has 1 saturated heterocycles. The number of halogens is 2. The van der Waals surface area contributed by atoms with Gasteiger partial charge in [-0.15, -0.1) is 0 Å². The molecule has 1 aliphatic rings. The van der Waals surface area contributed by atoms with Gasteiger partial charge in [0, 0.05) is 24.8 Å². The highest BCUT2D eigenvalue weighted by Crippen LogP contribution is 2.33. The van der Waals surface area contributed by atoms with Gasteiger partial charge in [-0.25, -0.2) is 13.8 Å². The van der Waals surface area contributed by atoms with Gasteiger partial charge in [0.1, 0.15) is 17.7 Å². The minimum absolute atomic E-state index is 0.0550. The molecule has 3 aromatic rings. The lowest BCUT2D eigenvalue weighted by molar-refractivity contribution is -0.137. The molecule has 9 nitrogen and oxygen atoms in total. The summed E-state index contributed by atoms with van der Waals surface area (Å²) in [4.78, 5) is 45.1. The van der Waals surface area contributed by atoms with Gasteiger partial charge in [-0.05, 0) is 79.8 Å². The van der Waals surface area contributed by atoms with E-state index in [1.807, 2.05) is 52.9 Å². The molecule has 0 aliphatic carbocycles. The lowest BCUT2D eigenvalue weighted by Crippen LogP contribution is -2.52. The molecule has 1 aliphatic heterocycles. The monoisotopic (exact) mass is 608 g/mol. The topological polar surface area (TPSA) is 121 Å². The Morgan fingerprint density at radius 2 is 1.75 bits per heavy atom. The Morgan fingerprint density at radius 1 is 1.07 bits per heavy atom. The number of benzene rings is 2. The molecule has 2 heterocycles. The predicted octanol–water partition coefficient (Wildman–Crippen LogP) is 4.81. The summed E-state index contributed by atoms with van der Waals surface area (Å²) in [5, 5.41) is 14.9. The summed E-state index contributed by atoms with van der Waals surface area (Å²) in [6.07, 6.45) is 0.865. The molecule has 0 bridgehead atoms. The Labute approximate surface area is 255 Å². The molecule has 2 aromatic carbocycles. The molecule has 3 N–H and O–H groups in total. The van der Waals surface area contributed by atoms with Crippen LogP contribution in [-0.2, 0) is 9.59 Å². The Hall–Kier alpha value is -4.38. The SMILES string of the molecule is Cc1cccc(C)c1-c1cc(F)c(F)c([C@H](CC(=O)O)NC(=O)[C@H](CC(C)C)NC(=O)c2cccnc2OC2CN(C)C2)c1. The van der Waals surface area contributed by atoms with Gasteiger partial charge in [0.15, 0.2) is 11.6 Å². The van der Waals surface area contributed by atoms with E-state index in [-0.39, 0.29) is 35.4 Å². The number of carboxylic acid groups (broad SMARTS) is 1. The van der Waals surface area contributed by atoms with E-state index >= 15 is 4.39 Å². The van der Waals surface area contributed by atoms with E-state index in [1.54, 1.807) is 6.07 Å². The number of amides is 2. The van der Waals surface area contributed by atoms with Crippen molar-refractivity contribution in [3.8, 4) is 17.0 Å². The number of hydrogen-bond donors (Lipinski definition) is 3. The number of likely N-dealkylation sites (tertiary alicyclic amines) is 1. The van der Waals surface area contributed by atoms with Crippen molar-refractivity contribution < 1.29 is 33.0 Å². The third-order valence-electron chi connectivity index (χ3n) is 7.55. The highest BCUT2D eigenvalue weighted by atomic mass is 19.2. The van der Waals surface area contributed by atoms with E-state index in [0.29, 0.717) is 24.2 Å². The van der Waals surface area contributed by atoms with Gasteiger partial charge in [0.2, 0.25) is 11.8 Å². The predicted molar refractivity (Wildman–Crippen MR) is 161 cm³/mol. The van der Waals surface area contributed by atoms with Crippen LogP contribution in [0, 0.1) is 31.4 Å². The van der Waals surface area contributed by atoms with E-state index < -0.39 is 47.9 Å². The number of nitrogens with one attached hydrogen (secondary N) is 2. The van der Waals surface area contributed by atoms with E-state index in [0.717, 1.165) is 17.2 Å². The number of rotatable bonds is 12. The zero-order chi connectivity index (χ0) is 32.1. The molecule has 234 valence electrons. The second-order valence-electron chi connectivity index (χ2n) is 11.8. The van der Waals surface area contributed by atoms with E-state index in [9.17, 15) is 23.9 Å². The quantitative estimate of drug-likeness (QED) is 0.270. The first-order valence-electron chi connectivity index (χ1n) is 14.5. The first kappa shape index (κ1) is 32.5. The summed E-state index contributed by atoms with van der Waals surface area (Å²) in [6.45, 7) is 8.75. The second kappa shape index (κ2) is 13.9. The van der Waals surface area contributed by atoms with Crippen LogP contribution in [0.15, 0.2) is 48.7 Å². The van der Waals surface area contributed by atoms with Gasteiger partial charge >= 0.3 is 5.97 Å². The van der Waals surface area contributed by atoms with Crippen molar-refractivity contribution in [2.45, 2.75) is 58.7 Å². The van der Waals surface area contributed by atoms with Gasteiger partial charge in [0.25, 0.3) is 5.91 Å². The minimum atomic E-state index is -1.42. The Bertz CT molecular complexity index is 1520. The van der Waals surface area contributed by atoms with Gasteiger partial charge in [-0.1, -0.05) is 32.0 Å². The van der Waals surface area contributed by atoms with Crippen molar-refractivity contribution in [3.05, 3.63) is 82.5 Å². The summed E-state index contributed by atoms with van der Waals surface area (Å²) in [5.74, 6) is -5.01. The van der Waals surface area contributed by atoms with Crippen molar-refractivity contribution in [1.29, 1.82) is 0 Å². The Kier molecular flexibility index (Phi) is 10.3. The second-order valence-corrected chi connectivity index (χ2v) is 11.8. The molecule has 1 fully saturated rings. The van der Waals surface area contributed by atoms with Gasteiger partial charge in [0.05, 0.1) is 12.5 Å². The number of carbonyl (C=O) groups is 3. The number of aromatic nitrogens is 1. The number of likely N-dealkylation sites (N-methyl/N-ethyl adjacent to an activating group) is 1. The summed E-state index contributed by atoms with van der Waals surface area (Å²) >= 11 is 0. The summed E-state index contributed by atoms with van der Waals surface area (Å²) < 4.78 is 36.2. The summed E-state index contributed by atoms with van der Waals surface area (Å²) in [6, 6.07) is 8.53. The molecule has 1 aromatic heterocycles. The fourth-order valence-electron chi connectivity index (χ4n) is 5.43. The van der Waals surface area contributed by atoms with E-state index in [4.69, 9.17) is 4.74 Å². The zero-order valence-electron chi connectivity index (χ0n) is 25.5. The number of carbonyl (C=O) groups excluding carboxylic acids is 2. The minimum Gasteiger partial charge on any atom is -0.481 e. The highest BCUT2D eigenvalue weighted by Gasteiger charge is 2.31. The van der Waals surface area contributed by atoms with Crippen molar-refractivity contribution in [2.75, 3.05) is 20.1 Å². The average Bonchev–Trinajstić information content (AvgIpc) is 2.93. The highest BCUT2D eigenvalue weighted by molar-refractivity contribution is 5.99. The maximum atomic E-state index is 15.3. The third kappa shape index (κ3) is 7.76. The first-order chi connectivity index (χ1) is 20.8. The van der Waals surface area contributed by atoms with E-state index in [2.05, 4.69) is 20.5 Å². The Morgan fingerprint density at radius 3 is 2.36 bits per heavy atom. The van der Waals surface area contributed by atoms with Gasteiger partial charge in [-0.2, -0.15) is 0 Å². The number of nitrogens with zero attached hydrogens (tertiary/aromatic N) is 2. The smallest absolute Gasteiger partial charge is 0.305 e. The average molecular weight is 609 g/mol. The maximum Gasteiger partial charge on any atom is 0.305 e. The standard InChI is InChI=1S/C33H38F2N4O5/c1-18(2)12-27(38-31(42)23-10-7-11-36-33(23)44-22-16-39(5)17-22)32(43)37-26(15-28(40)41)24-13-21(14-25(34)30(24)35)29-19(3)8-6-9-20(29)4/h6-11,13-14,18,22,26-27H,12,15-17H2,1-5H3,(H,37,43)(H,38,42)(H,40,41)/t26-,27-/m0/s1. The molecule has 44 heavy (non-hydrogen) atoms. The van der Waals surface area contributed by atoms with Crippen molar-refractivity contribution in [1.82, 2.24) is 20.5 Å². The van der Waals surface area contributed by atoms with Gasteiger partial charge in [-0.3, -0.25) is 19.3 Å². The zero-order valence-corrected chi connectivity index (χ0v) is 25.5. The fraction of sp³-hybridized carbons (Fsp3) is 0.394. The molecule has 2 atom stereocenters. The molecule has 0 spiro atoms. The van der Waals surface area contributed by atoms with Crippen LogP contribution < -0.4 is 15.4 Å². The molecule has 11 heteroatoms. The molecular formula is C33H38F2N4O5. The summed E-state index contributed by atoms with van der Waals surface area (Å²) in [5.41, 5.74) is 2.52. The van der Waals surface area contributed by atoms with Gasteiger partial charge < -0.3 is 20.5 Å². The van der Waals surface area contributed by atoms with Crippen LogP contribution in [0.4, 0.5) is 8.78 Å². The lowest BCUT2D eigenvalue weighted by atomic mass is 9.92. The lowest BCUT2D eigenvalue weighted by Gasteiger charge is -2.35. The van der Waals surface area contributed by atoms with Crippen LogP contribution in [0.1, 0.15) is 59.8 Å². The normalized spacial score (nSPS) is 14.9. The van der Waals surface area contributed by atoms with Crippen LogP contribution >= 0.6 is 0 Å². The number of aryl methyl sites for hydroxylation is 2. The molecule has 0 unspecified atom stereocenters. The number of carboxylic acids is 1. The number of pyridine rings is 1. The van der Waals surface area contributed by atoms with Crippen LogP contribution in [0.25, 0.3) is 11.1 Å². The molecule has 2 amide bonds. The number of aliphatic carboxylic acids is 1. The maximum absolute atomic E-state index is 15.3. The van der Waals surface area contributed by atoms with Crippen LogP contribution in [0.2, 0.25) is 0 Å². The van der Waals surface area contributed by atoms with Crippen LogP contribution in [0.3, 0.4) is 0 Å². The van der Waals surface area contributed by atoms with Crippen LogP contribution in [0.5, 0.6) is 5.88 Å².